The second kappa shape index (κ2) is 6.99. The molecular formula is C20H21BrN2O3. The van der Waals surface area contributed by atoms with E-state index in [-0.39, 0.29) is 35.6 Å². The summed E-state index contributed by atoms with van der Waals surface area (Å²) in [5.74, 6) is -0.389. The van der Waals surface area contributed by atoms with Crippen LogP contribution in [0.15, 0.2) is 40.9 Å². The molecule has 0 bridgehead atoms. The molecule has 0 aromatic heterocycles. The molecule has 136 valence electrons. The van der Waals surface area contributed by atoms with Gasteiger partial charge in [-0.05, 0) is 30.9 Å². The van der Waals surface area contributed by atoms with Gasteiger partial charge < -0.3 is 4.90 Å². The summed E-state index contributed by atoms with van der Waals surface area (Å²) in [7, 11) is 0. The largest absolute Gasteiger partial charge is 0.338 e. The van der Waals surface area contributed by atoms with Crippen LogP contribution in [0.1, 0.15) is 24.8 Å². The van der Waals surface area contributed by atoms with Crippen molar-refractivity contribution in [3.63, 3.8) is 0 Å². The highest BCUT2D eigenvalue weighted by atomic mass is 79.9. The lowest BCUT2D eigenvalue weighted by molar-refractivity contribution is -0.152. The van der Waals surface area contributed by atoms with E-state index in [9.17, 15) is 14.4 Å². The van der Waals surface area contributed by atoms with Gasteiger partial charge in [0.05, 0.1) is 17.9 Å². The van der Waals surface area contributed by atoms with E-state index in [1.54, 1.807) is 4.90 Å². The van der Waals surface area contributed by atoms with E-state index in [2.05, 4.69) is 15.9 Å². The predicted molar refractivity (Wildman–Crippen MR) is 100 cm³/mol. The maximum absolute atomic E-state index is 12.6. The second-order valence-electron chi connectivity index (χ2n) is 7.25. The van der Waals surface area contributed by atoms with Crippen molar-refractivity contribution in [2.24, 2.45) is 11.8 Å². The van der Waals surface area contributed by atoms with Gasteiger partial charge in [0, 0.05) is 24.0 Å². The number of amides is 3. The lowest BCUT2D eigenvalue weighted by Crippen LogP contribution is -2.62. The molecule has 2 fully saturated rings. The van der Waals surface area contributed by atoms with Crippen molar-refractivity contribution in [3.8, 4) is 0 Å². The quantitative estimate of drug-likeness (QED) is 0.559. The van der Waals surface area contributed by atoms with Crippen LogP contribution in [-0.4, -0.2) is 46.7 Å². The Labute approximate surface area is 161 Å². The lowest BCUT2D eigenvalue weighted by Gasteiger charge is -2.43. The third-order valence-corrected chi connectivity index (χ3v) is 6.46. The van der Waals surface area contributed by atoms with Gasteiger partial charge in [0.2, 0.25) is 17.7 Å². The topological polar surface area (TPSA) is 57.7 Å². The number of aryl methyl sites for hydroxylation is 1. The number of hydrogen-bond donors (Lipinski definition) is 0. The minimum Gasteiger partial charge on any atom is -0.338 e. The van der Waals surface area contributed by atoms with E-state index in [1.165, 1.54) is 4.90 Å². The molecule has 5 nitrogen and oxygen atoms in total. The van der Waals surface area contributed by atoms with Crippen LogP contribution in [0, 0.1) is 11.8 Å². The fourth-order valence-corrected chi connectivity index (χ4v) is 4.59. The van der Waals surface area contributed by atoms with Crippen LogP contribution in [0.25, 0.3) is 0 Å². The van der Waals surface area contributed by atoms with E-state index in [1.807, 2.05) is 36.4 Å². The van der Waals surface area contributed by atoms with Gasteiger partial charge in [-0.15, -0.1) is 0 Å². The Balaban J connectivity index is 1.31. The first kappa shape index (κ1) is 17.5. The minimum atomic E-state index is -0.187. The standard InChI is InChI=1S/C20H21BrN2O3/c21-17-8-4-1-5-13(17)9-10-18(24)22-11-14(12-22)23-19(25)15-6-2-3-7-16(15)20(23)26/h1-5,8,14-16H,6-7,9-12H2. The first-order chi connectivity index (χ1) is 12.6. The van der Waals surface area contributed by atoms with Gasteiger partial charge in [0.15, 0.2) is 0 Å². The number of rotatable bonds is 4. The number of fused-ring (bicyclic) bond motifs is 1. The summed E-state index contributed by atoms with van der Waals surface area (Å²) in [5.41, 5.74) is 1.11. The molecule has 0 N–H and O–H groups in total. The molecule has 3 amide bonds. The van der Waals surface area contributed by atoms with Gasteiger partial charge in [-0.1, -0.05) is 46.3 Å². The predicted octanol–water partition coefficient (Wildman–Crippen LogP) is 2.54. The normalized spacial score (nSPS) is 25.4. The highest BCUT2D eigenvalue weighted by Gasteiger charge is 2.52. The van der Waals surface area contributed by atoms with Gasteiger partial charge in [-0.3, -0.25) is 19.3 Å². The molecule has 2 aliphatic heterocycles. The molecule has 0 spiro atoms. The fourth-order valence-electron chi connectivity index (χ4n) is 4.11. The summed E-state index contributed by atoms with van der Waals surface area (Å²) in [6.45, 7) is 0.943. The van der Waals surface area contributed by atoms with E-state index in [0.717, 1.165) is 10.0 Å². The number of carbonyl (C=O) groups is 3. The number of nitrogens with zero attached hydrogens (tertiary/aromatic N) is 2. The Hall–Kier alpha value is -1.95. The lowest BCUT2D eigenvalue weighted by atomic mass is 9.85. The van der Waals surface area contributed by atoms with Crippen LogP contribution in [0.3, 0.4) is 0 Å². The van der Waals surface area contributed by atoms with E-state index < -0.39 is 0 Å². The molecule has 1 aromatic carbocycles. The molecular weight excluding hydrogens is 396 g/mol. The van der Waals surface area contributed by atoms with Gasteiger partial charge in [0.1, 0.15) is 0 Å². The van der Waals surface area contributed by atoms with Crippen molar-refractivity contribution in [1.82, 2.24) is 9.80 Å². The first-order valence-electron chi connectivity index (χ1n) is 9.09. The number of allylic oxidation sites excluding steroid dienone is 2. The summed E-state index contributed by atoms with van der Waals surface area (Å²) in [6, 6.07) is 7.75. The summed E-state index contributed by atoms with van der Waals surface area (Å²) < 4.78 is 1.01. The molecule has 3 aliphatic rings. The zero-order valence-electron chi connectivity index (χ0n) is 14.4. The average molecular weight is 417 g/mol. The second-order valence-corrected chi connectivity index (χ2v) is 8.10. The smallest absolute Gasteiger partial charge is 0.233 e. The molecule has 1 aromatic rings. The van der Waals surface area contributed by atoms with Gasteiger partial charge in [-0.25, -0.2) is 0 Å². The van der Waals surface area contributed by atoms with Crippen molar-refractivity contribution < 1.29 is 14.4 Å². The third-order valence-electron chi connectivity index (χ3n) is 5.69. The van der Waals surface area contributed by atoms with Crippen molar-refractivity contribution >= 4 is 33.7 Å². The van der Waals surface area contributed by atoms with Crippen LogP contribution in [-0.2, 0) is 20.8 Å². The summed E-state index contributed by atoms with van der Waals surface area (Å²) in [4.78, 5) is 40.7. The molecule has 2 saturated heterocycles. The zero-order valence-corrected chi connectivity index (χ0v) is 16.0. The average Bonchev–Trinajstić information content (AvgIpc) is 2.85. The van der Waals surface area contributed by atoms with Crippen LogP contribution >= 0.6 is 15.9 Å². The number of likely N-dealkylation sites (tertiary alicyclic amines) is 2. The first-order valence-corrected chi connectivity index (χ1v) is 9.88. The number of benzene rings is 1. The van der Waals surface area contributed by atoms with E-state index >= 15 is 0 Å². The SMILES string of the molecule is O=C(CCc1ccccc1Br)N1CC(N2C(=O)C3CC=CCC3C2=O)C1. The van der Waals surface area contributed by atoms with Crippen molar-refractivity contribution in [1.29, 1.82) is 0 Å². The van der Waals surface area contributed by atoms with Crippen LogP contribution in [0.2, 0.25) is 0 Å². The molecule has 26 heavy (non-hydrogen) atoms. The van der Waals surface area contributed by atoms with Gasteiger partial charge >= 0.3 is 0 Å². The Kier molecular flexibility index (Phi) is 4.69. The molecule has 2 atom stereocenters. The fraction of sp³-hybridized carbons (Fsp3) is 0.450. The van der Waals surface area contributed by atoms with Crippen LogP contribution < -0.4 is 0 Å². The minimum absolute atomic E-state index is 0.0466. The number of carbonyl (C=O) groups excluding carboxylic acids is 3. The molecule has 0 radical (unpaired) electrons. The van der Waals surface area contributed by atoms with Gasteiger partial charge in [0.25, 0.3) is 0 Å². The van der Waals surface area contributed by atoms with Gasteiger partial charge in [-0.2, -0.15) is 0 Å². The molecule has 0 saturated carbocycles. The highest BCUT2D eigenvalue weighted by Crippen LogP contribution is 2.37. The molecule has 1 aliphatic carbocycles. The Bertz CT molecular complexity index is 759. The summed E-state index contributed by atoms with van der Waals surface area (Å²) >= 11 is 3.50. The monoisotopic (exact) mass is 416 g/mol. The van der Waals surface area contributed by atoms with E-state index in [0.29, 0.717) is 38.8 Å². The third kappa shape index (κ3) is 3.00. The van der Waals surface area contributed by atoms with Crippen molar-refractivity contribution in [2.45, 2.75) is 31.7 Å². The molecule has 4 rings (SSSR count). The highest BCUT2D eigenvalue weighted by molar-refractivity contribution is 9.10. The Morgan fingerprint density at radius 2 is 1.65 bits per heavy atom. The maximum atomic E-state index is 12.6. The molecule has 2 heterocycles. The molecule has 6 heteroatoms. The number of halogens is 1. The molecule has 2 unspecified atom stereocenters. The zero-order chi connectivity index (χ0) is 18.3. The van der Waals surface area contributed by atoms with Crippen LogP contribution in [0.4, 0.5) is 0 Å². The van der Waals surface area contributed by atoms with E-state index in [4.69, 9.17) is 0 Å². The Morgan fingerprint density at radius 1 is 1.04 bits per heavy atom. The van der Waals surface area contributed by atoms with Crippen molar-refractivity contribution in [2.75, 3.05) is 13.1 Å². The Morgan fingerprint density at radius 3 is 2.27 bits per heavy atom. The van der Waals surface area contributed by atoms with Crippen LogP contribution in [0.5, 0.6) is 0 Å². The number of hydrogen-bond acceptors (Lipinski definition) is 3. The summed E-state index contributed by atoms with van der Waals surface area (Å²) in [6.07, 6.45) is 6.42. The maximum Gasteiger partial charge on any atom is 0.233 e. The number of imide groups is 1. The van der Waals surface area contributed by atoms with Crippen molar-refractivity contribution in [3.05, 3.63) is 46.5 Å². The summed E-state index contributed by atoms with van der Waals surface area (Å²) in [5, 5.41) is 0.